The molecule has 0 atom stereocenters. The third-order valence-corrected chi connectivity index (χ3v) is 2.56. The Bertz CT molecular complexity index is 476. The number of nitrogens with zero attached hydrogens (tertiary/aromatic N) is 2. The standard InChI is InChI=1S/C10H10BrN3O4/c11-6-2-1-3-13-9(6)10(18)14(4-7(12)15)5-8(16)17/h1-3H,4-5H2,(H2,12,15)(H,16,17). The third-order valence-electron chi connectivity index (χ3n) is 1.92. The molecule has 1 aromatic heterocycles. The summed E-state index contributed by atoms with van der Waals surface area (Å²) in [5, 5.41) is 8.68. The highest BCUT2D eigenvalue weighted by atomic mass is 79.9. The number of hydrogen-bond acceptors (Lipinski definition) is 4. The van der Waals surface area contributed by atoms with Gasteiger partial charge in [0.05, 0.1) is 0 Å². The molecule has 8 heteroatoms. The zero-order valence-corrected chi connectivity index (χ0v) is 10.8. The molecule has 0 aromatic carbocycles. The van der Waals surface area contributed by atoms with Crippen molar-refractivity contribution in [3.05, 3.63) is 28.5 Å². The van der Waals surface area contributed by atoms with Crippen molar-refractivity contribution in [3.63, 3.8) is 0 Å². The van der Waals surface area contributed by atoms with Crippen LogP contribution in [0.2, 0.25) is 0 Å². The topological polar surface area (TPSA) is 114 Å². The molecule has 1 heterocycles. The van der Waals surface area contributed by atoms with Crippen LogP contribution in [0.3, 0.4) is 0 Å². The number of nitrogens with two attached hydrogens (primary N) is 1. The fourth-order valence-corrected chi connectivity index (χ4v) is 1.67. The van der Waals surface area contributed by atoms with Crippen molar-refractivity contribution >= 4 is 33.7 Å². The Morgan fingerprint density at radius 1 is 1.39 bits per heavy atom. The van der Waals surface area contributed by atoms with E-state index in [1.165, 1.54) is 6.20 Å². The van der Waals surface area contributed by atoms with Gasteiger partial charge in [-0.3, -0.25) is 14.4 Å². The fraction of sp³-hybridized carbons (Fsp3) is 0.200. The van der Waals surface area contributed by atoms with Crippen LogP contribution in [0.1, 0.15) is 10.5 Å². The van der Waals surface area contributed by atoms with Gasteiger partial charge in [-0.05, 0) is 28.1 Å². The lowest BCUT2D eigenvalue weighted by molar-refractivity contribution is -0.138. The molecule has 0 radical (unpaired) electrons. The predicted octanol–water partition coefficient (Wildman–Crippen LogP) is -0.144. The van der Waals surface area contributed by atoms with Crippen molar-refractivity contribution in [2.75, 3.05) is 13.1 Å². The first-order valence-electron chi connectivity index (χ1n) is 4.81. The van der Waals surface area contributed by atoms with Crippen molar-refractivity contribution in [3.8, 4) is 0 Å². The first-order chi connectivity index (χ1) is 8.41. The SMILES string of the molecule is NC(=O)CN(CC(=O)O)C(=O)c1ncccc1Br. The van der Waals surface area contributed by atoms with E-state index in [1.54, 1.807) is 12.1 Å². The fourth-order valence-electron chi connectivity index (χ4n) is 1.24. The van der Waals surface area contributed by atoms with E-state index in [0.29, 0.717) is 4.47 Å². The quantitative estimate of drug-likeness (QED) is 0.784. The lowest BCUT2D eigenvalue weighted by Crippen LogP contribution is -2.41. The maximum absolute atomic E-state index is 12.0. The van der Waals surface area contributed by atoms with Crippen LogP contribution >= 0.6 is 15.9 Å². The number of primary amides is 1. The van der Waals surface area contributed by atoms with E-state index in [-0.39, 0.29) is 5.69 Å². The smallest absolute Gasteiger partial charge is 0.323 e. The number of halogens is 1. The van der Waals surface area contributed by atoms with Gasteiger partial charge < -0.3 is 15.7 Å². The molecule has 0 aliphatic heterocycles. The average molecular weight is 316 g/mol. The molecule has 3 N–H and O–H groups in total. The van der Waals surface area contributed by atoms with Crippen LogP contribution in [0, 0.1) is 0 Å². The molecule has 7 nitrogen and oxygen atoms in total. The van der Waals surface area contributed by atoms with Crippen LogP contribution in [0.4, 0.5) is 0 Å². The van der Waals surface area contributed by atoms with E-state index in [0.717, 1.165) is 4.90 Å². The molecular weight excluding hydrogens is 306 g/mol. The molecule has 1 rings (SSSR count). The monoisotopic (exact) mass is 315 g/mol. The maximum Gasteiger partial charge on any atom is 0.323 e. The van der Waals surface area contributed by atoms with Gasteiger partial charge in [-0.2, -0.15) is 0 Å². The van der Waals surface area contributed by atoms with Gasteiger partial charge in [-0.1, -0.05) is 0 Å². The van der Waals surface area contributed by atoms with E-state index in [2.05, 4.69) is 20.9 Å². The van der Waals surface area contributed by atoms with Crippen LogP contribution in [0.25, 0.3) is 0 Å². The molecule has 18 heavy (non-hydrogen) atoms. The van der Waals surface area contributed by atoms with Crippen LogP contribution in [0.5, 0.6) is 0 Å². The highest BCUT2D eigenvalue weighted by molar-refractivity contribution is 9.10. The van der Waals surface area contributed by atoms with E-state index in [1.807, 2.05) is 0 Å². The molecule has 0 aliphatic rings. The zero-order valence-electron chi connectivity index (χ0n) is 9.17. The normalized spacial score (nSPS) is 9.83. The lowest BCUT2D eigenvalue weighted by Gasteiger charge is -2.18. The number of rotatable bonds is 5. The van der Waals surface area contributed by atoms with Gasteiger partial charge in [0.1, 0.15) is 18.8 Å². The minimum absolute atomic E-state index is 0.0278. The number of pyridine rings is 1. The van der Waals surface area contributed by atoms with Gasteiger partial charge in [0.2, 0.25) is 5.91 Å². The molecule has 0 spiro atoms. The second-order valence-corrected chi connectivity index (χ2v) is 4.21. The Labute approximate surface area is 111 Å². The van der Waals surface area contributed by atoms with E-state index in [9.17, 15) is 14.4 Å². The Kier molecular flexibility index (Phi) is 4.78. The molecule has 0 saturated carbocycles. The minimum Gasteiger partial charge on any atom is -0.480 e. The lowest BCUT2D eigenvalue weighted by atomic mass is 10.3. The molecule has 2 amide bonds. The molecular formula is C10H10BrN3O4. The van der Waals surface area contributed by atoms with Crippen LogP contribution < -0.4 is 5.73 Å². The highest BCUT2D eigenvalue weighted by Gasteiger charge is 2.22. The van der Waals surface area contributed by atoms with E-state index in [4.69, 9.17) is 10.8 Å². The van der Waals surface area contributed by atoms with Gasteiger partial charge >= 0.3 is 5.97 Å². The van der Waals surface area contributed by atoms with Crippen molar-refractivity contribution < 1.29 is 19.5 Å². The van der Waals surface area contributed by atoms with E-state index >= 15 is 0 Å². The van der Waals surface area contributed by atoms with Gasteiger partial charge in [0.15, 0.2) is 0 Å². The summed E-state index contributed by atoms with van der Waals surface area (Å²) in [5.41, 5.74) is 4.99. The summed E-state index contributed by atoms with van der Waals surface area (Å²) < 4.78 is 0.412. The molecule has 0 bridgehead atoms. The predicted molar refractivity (Wildman–Crippen MR) is 64.7 cm³/mol. The van der Waals surface area contributed by atoms with Crippen molar-refractivity contribution in [2.45, 2.75) is 0 Å². The summed E-state index contributed by atoms with van der Waals surface area (Å²) in [5.74, 6) is -2.71. The first kappa shape index (κ1) is 14.1. The zero-order chi connectivity index (χ0) is 13.7. The van der Waals surface area contributed by atoms with Gasteiger partial charge in [-0.25, -0.2) is 4.98 Å². The highest BCUT2D eigenvalue weighted by Crippen LogP contribution is 2.15. The minimum atomic E-state index is -1.24. The number of aromatic nitrogens is 1. The summed E-state index contributed by atoms with van der Waals surface area (Å²) in [6.45, 7) is -1.10. The van der Waals surface area contributed by atoms with Crippen molar-refractivity contribution in [2.24, 2.45) is 5.73 Å². The van der Waals surface area contributed by atoms with Crippen LogP contribution in [-0.2, 0) is 9.59 Å². The Hall–Kier alpha value is -1.96. The second-order valence-electron chi connectivity index (χ2n) is 3.36. The van der Waals surface area contributed by atoms with Gasteiger partial charge in [0, 0.05) is 10.7 Å². The number of aliphatic carboxylic acids is 1. The van der Waals surface area contributed by atoms with Gasteiger partial charge in [-0.15, -0.1) is 0 Å². The Morgan fingerprint density at radius 2 is 2.06 bits per heavy atom. The number of amides is 2. The number of hydrogen-bond donors (Lipinski definition) is 2. The number of carboxylic acids is 1. The summed E-state index contributed by atoms with van der Waals surface area (Å²) in [7, 11) is 0. The van der Waals surface area contributed by atoms with Gasteiger partial charge in [0.25, 0.3) is 5.91 Å². The second kappa shape index (κ2) is 6.10. The van der Waals surface area contributed by atoms with E-state index < -0.39 is 30.9 Å². The number of carboxylic acid groups (broad SMARTS) is 1. The average Bonchev–Trinajstić information content (AvgIpc) is 2.26. The Morgan fingerprint density at radius 3 is 2.56 bits per heavy atom. The largest absolute Gasteiger partial charge is 0.480 e. The molecule has 1 aromatic rings. The summed E-state index contributed by atoms with van der Waals surface area (Å²) in [6.07, 6.45) is 1.39. The Balaban J connectivity index is 2.98. The number of carbonyl (C=O) groups excluding carboxylic acids is 2. The first-order valence-corrected chi connectivity index (χ1v) is 5.61. The number of carbonyl (C=O) groups is 3. The third kappa shape index (κ3) is 3.81. The summed E-state index contributed by atoms with van der Waals surface area (Å²) in [4.78, 5) is 38.1. The molecule has 96 valence electrons. The maximum atomic E-state index is 12.0. The van der Waals surface area contributed by atoms with Crippen molar-refractivity contribution in [1.82, 2.24) is 9.88 Å². The van der Waals surface area contributed by atoms with Crippen LogP contribution in [0.15, 0.2) is 22.8 Å². The van der Waals surface area contributed by atoms with Crippen LogP contribution in [-0.4, -0.2) is 45.9 Å². The molecule has 0 unspecified atom stereocenters. The molecule has 0 saturated heterocycles. The summed E-state index contributed by atoms with van der Waals surface area (Å²) >= 11 is 3.12. The van der Waals surface area contributed by atoms with Crippen molar-refractivity contribution in [1.29, 1.82) is 0 Å². The molecule has 0 fully saturated rings. The summed E-state index contributed by atoms with van der Waals surface area (Å²) in [6, 6.07) is 3.19. The molecule has 0 aliphatic carbocycles.